The third kappa shape index (κ3) is 8.12. The maximum atomic E-state index is 14.1. The molecule has 3 rings (SSSR count). The first-order valence-electron chi connectivity index (χ1n) is 11.2. The van der Waals surface area contributed by atoms with Crippen molar-refractivity contribution in [2.45, 2.75) is 32.0 Å². The van der Waals surface area contributed by atoms with Gasteiger partial charge in [-0.25, -0.2) is 4.39 Å². The molecule has 2 aromatic carbocycles. The molecule has 1 heterocycles. The number of benzene rings is 2. The summed E-state index contributed by atoms with van der Waals surface area (Å²) >= 11 is 0. The van der Waals surface area contributed by atoms with Crippen molar-refractivity contribution in [3.05, 3.63) is 65.0 Å². The molecular formula is C25H37FIN5O. The minimum absolute atomic E-state index is 0. The number of likely N-dealkylation sites (tertiary alicyclic amines) is 1. The third-order valence-corrected chi connectivity index (χ3v) is 5.80. The van der Waals surface area contributed by atoms with E-state index in [1.54, 1.807) is 14.2 Å². The van der Waals surface area contributed by atoms with Gasteiger partial charge in [0.05, 0.1) is 13.2 Å². The number of ether oxygens (including phenoxy) is 1. The lowest BCUT2D eigenvalue weighted by molar-refractivity contribution is 0.245. The molecule has 1 unspecified atom stereocenters. The molecule has 2 aromatic rings. The van der Waals surface area contributed by atoms with Gasteiger partial charge in [0.25, 0.3) is 0 Å². The number of nitrogens with zero attached hydrogens (tertiary/aromatic N) is 3. The molecule has 1 atom stereocenters. The van der Waals surface area contributed by atoms with Gasteiger partial charge >= 0.3 is 0 Å². The van der Waals surface area contributed by atoms with Crippen molar-refractivity contribution in [1.82, 2.24) is 20.4 Å². The van der Waals surface area contributed by atoms with Crippen LogP contribution in [-0.4, -0.2) is 63.6 Å². The van der Waals surface area contributed by atoms with Gasteiger partial charge in [-0.05, 0) is 75.4 Å². The second kappa shape index (κ2) is 13.7. The van der Waals surface area contributed by atoms with Gasteiger partial charge in [0.1, 0.15) is 11.6 Å². The van der Waals surface area contributed by atoms with E-state index >= 15 is 0 Å². The van der Waals surface area contributed by atoms with Crippen LogP contribution in [0.15, 0.2) is 47.5 Å². The zero-order chi connectivity index (χ0) is 22.9. The van der Waals surface area contributed by atoms with Crippen molar-refractivity contribution in [3.63, 3.8) is 0 Å². The Balaban J connectivity index is 0.00000385. The zero-order valence-corrected chi connectivity index (χ0v) is 22.4. The minimum Gasteiger partial charge on any atom is -0.497 e. The molecule has 182 valence electrons. The lowest BCUT2D eigenvalue weighted by atomic mass is 10.1. The van der Waals surface area contributed by atoms with Crippen molar-refractivity contribution in [1.29, 1.82) is 0 Å². The summed E-state index contributed by atoms with van der Waals surface area (Å²) in [7, 11) is 7.35. The lowest BCUT2D eigenvalue weighted by Gasteiger charge is -2.29. The first kappa shape index (κ1) is 27.3. The minimum atomic E-state index is -0.170. The zero-order valence-electron chi connectivity index (χ0n) is 20.1. The molecule has 8 heteroatoms. The second-order valence-electron chi connectivity index (χ2n) is 8.51. The fourth-order valence-electron chi connectivity index (χ4n) is 4.16. The molecule has 6 nitrogen and oxygen atoms in total. The van der Waals surface area contributed by atoms with Gasteiger partial charge in [-0.3, -0.25) is 9.89 Å². The monoisotopic (exact) mass is 569 g/mol. The Morgan fingerprint density at radius 2 is 1.91 bits per heavy atom. The van der Waals surface area contributed by atoms with Crippen LogP contribution in [0.5, 0.6) is 5.75 Å². The normalized spacial score (nSPS) is 15.3. The average molecular weight is 570 g/mol. The molecular weight excluding hydrogens is 532 g/mol. The van der Waals surface area contributed by atoms with Crippen LogP contribution in [0, 0.1) is 5.82 Å². The highest BCUT2D eigenvalue weighted by atomic mass is 127. The van der Waals surface area contributed by atoms with Crippen molar-refractivity contribution >= 4 is 29.9 Å². The highest BCUT2D eigenvalue weighted by molar-refractivity contribution is 14.0. The predicted octanol–water partition coefficient (Wildman–Crippen LogP) is 4.02. The van der Waals surface area contributed by atoms with Crippen LogP contribution in [0.2, 0.25) is 0 Å². The molecule has 0 bridgehead atoms. The predicted molar refractivity (Wildman–Crippen MR) is 144 cm³/mol. The van der Waals surface area contributed by atoms with Crippen LogP contribution < -0.4 is 15.4 Å². The fraction of sp³-hybridized carbons (Fsp3) is 0.480. The number of methoxy groups -OCH3 is 1. The number of rotatable bonds is 9. The number of aliphatic imine (C=N–C) groups is 1. The van der Waals surface area contributed by atoms with Crippen molar-refractivity contribution < 1.29 is 9.13 Å². The first-order valence-corrected chi connectivity index (χ1v) is 11.2. The Labute approximate surface area is 214 Å². The van der Waals surface area contributed by atoms with E-state index in [0.29, 0.717) is 18.7 Å². The Morgan fingerprint density at radius 3 is 2.58 bits per heavy atom. The quantitative estimate of drug-likeness (QED) is 0.272. The van der Waals surface area contributed by atoms with E-state index < -0.39 is 0 Å². The van der Waals surface area contributed by atoms with Crippen LogP contribution in [0.3, 0.4) is 0 Å². The Morgan fingerprint density at radius 1 is 1.15 bits per heavy atom. The summed E-state index contributed by atoms with van der Waals surface area (Å²) in [5, 5.41) is 6.85. The average Bonchev–Trinajstić information content (AvgIpc) is 3.32. The van der Waals surface area contributed by atoms with E-state index in [-0.39, 0.29) is 35.8 Å². The maximum absolute atomic E-state index is 14.1. The molecule has 0 spiro atoms. The van der Waals surface area contributed by atoms with Crippen molar-refractivity contribution in [3.8, 4) is 5.75 Å². The molecule has 1 aliphatic rings. The summed E-state index contributed by atoms with van der Waals surface area (Å²) < 4.78 is 19.5. The van der Waals surface area contributed by atoms with Gasteiger partial charge in [-0.1, -0.05) is 18.2 Å². The largest absolute Gasteiger partial charge is 0.497 e. The molecule has 2 N–H and O–H groups in total. The van der Waals surface area contributed by atoms with Gasteiger partial charge in [-0.2, -0.15) is 0 Å². The smallest absolute Gasteiger partial charge is 0.191 e. The van der Waals surface area contributed by atoms with Crippen molar-refractivity contribution in [2.24, 2.45) is 4.99 Å². The van der Waals surface area contributed by atoms with Crippen LogP contribution in [0.4, 0.5) is 4.39 Å². The van der Waals surface area contributed by atoms with E-state index in [1.807, 2.05) is 43.3 Å². The SMILES string of the molecule is CN=C(NCc1ccc(F)c(CN(C)C)c1)NCC(c1cccc(OC)c1)N1CCCC1.I. The molecule has 0 aromatic heterocycles. The summed E-state index contributed by atoms with van der Waals surface area (Å²) in [6.45, 7) is 4.08. The summed E-state index contributed by atoms with van der Waals surface area (Å²) in [6.07, 6.45) is 2.46. The topological polar surface area (TPSA) is 52.1 Å². The standard InChI is InChI=1S/C25H36FN5O.HI/c1-27-25(28-16-19-10-11-23(26)21(14-19)18-30(2)3)29-17-24(31-12-5-6-13-31)20-8-7-9-22(15-20)32-4;/h7-11,14-15,24H,5-6,12-13,16-18H2,1-4H3,(H2,27,28,29);1H. The van der Waals surface area contributed by atoms with Crippen LogP contribution in [0.25, 0.3) is 0 Å². The van der Waals surface area contributed by atoms with Crippen LogP contribution >= 0.6 is 24.0 Å². The van der Waals surface area contributed by atoms with Gasteiger partial charge in [0, 0.05) is 32.2 Å². The molecule has 0 aliphatic carbocycles. The molecule has 0 saturated carbocycles. The summed E-state index contributed by atoms with van der Waals surface area (Å²) in [5.74, 6) is 1.44. The van der Waals surface area contributed by atoms with Crippen LogP contribution in [0.1, 0.15) is 35.6 Å². The van der Waals surface area contributed by atoms with Gasteiger partial charge in [0.15, 0.2) is 5.96 Å². The number of guanidine groups is 1. The Bertz CT molecular complexity index is 902. The van der Waals surface area contributed by atoms with E-state index in [4.69, 9.17) is 4.74 Å². The van der Waals surface area contributed by atoms with Crippen molar-refractivity contribution in [2.75, 3.05) is 47.9 Å². The Hall–Kier alpha value is -1.91. The van der Waals surface area contributed by atoms with E-state index in [2.05, 4.69) is 32.7 Å². The number of hydrogen-bond donors (Lipinski definition) is 2. The molecule has 33 heavy (non-hydrogen) atoms. The Kier molecular flexibility index (Phi) is 11.4. The number of nitrogens with one attached hydrogen (secondary N) is 2. The van der Waals surface area contributed by atoms with Crippen LogP contribution in [-0.2, 0) is 13.1 Å². The maximum Gasteiger partial charge on any atom is 0.191 e. The first-order chi connectivity index (χ1) is 15.5. The lowest BCUT2D eigenvalue weighted by Crippen LogP contribution is -2.42. The summed E-state index contributed by atoms with van der Waals surface area (Å²) in [6, 6.07) is 13.8. The summed E-state index contributed by atoms with van der Waals surface area (Å²) in [4.78, 5) is 8.87. The highest BCUT2D eigenvalue weighted by Crippen LogP contribution is 2.27. The van der Waals surface area contributed by atoms with E-state index in [0.717, 1.165) is 36.9 Å². The molecule has 1 fully saturated rings. The highest BCUT2D eigenvalue weighted by Gasteiger charge is 2.24. The number of hydrogen-bond acceptors (Lipinski definition) is 4. The van der Waals surface area contributed by atoms with E-state index in [1.165, 1.54) is 24.5 Å². The number of halogens is 2. The molecule has 1 aliphatic heterocycles. The fourth-order valence-corrected chi connectivity index (χ4v) is 4.16. The van der Waals surface area contributed by atoms with Gasteiger partial charge in [-0.15, -0.1) is 24.0 Å². The van der Waals surface area contributed by atoms with Gasteiger partial charge < -0.3 is 20.3 Å². The third-order valence-electron chi connectivity index (χ3n) is 5.80. The molecule has 0 radical (unpaired) electrons. The summed E-state index contributed by atoms with van der Waals surface area (Å²) in [5.41, 5.74) is 2.96. The van der Waals surface area contributed by atoms with E-state index in [9.17, 15) is 4.39 Å². The molecule has 1 saturated heterocycles. The van der Waals surface area contributed by atoms with Gasteiger partial charge in [0.2, 0.25) is 0 Å². The second-order valence-corrected chi connectivity index (χ2v) is 8.51. The molecule has 0 amide bonds.